The normalized spacial score (nSPS) is 14.4. The molecule has 13 heteroatoms. The van der Waals surface area contributed by atoms with Gasteiger partial charge in [0, 0.05) is 55.3 Å². The highest BCUT2D eigenvalue weighted by molar-refractivity contribution is 7.89. The summed E-state index contributed by atoms with van der Waals surface area (Å²) >= 11 is 6.00. The van der Waals surface area contributed by atoms with Crippen molar-refractivity contribution in [1.82, 2.24) is 25.0 Å². The van der Waals surface area contributed by atoms with E-state index in [0.717, 1.165) is 0 Å². The number of hydrazine groups is 1. The van der Waals surface area contributed by atoms with Crippen LogP contribution in [0.5, 0.6) is 0 Å². The van der Waals surface area contributed by atoms with Gasteiger partial charge >= 0.3 is 0 Å². The zero-order valence-corrected chi connectivity index (χ0v) is 20.8. The molecule has 0 unspecified atom stereocenters. The highest BCUT2D eigenvalue weighted by Gasteiger charge is 2.29. The summed E-state index contributed by atoms with van der Waals surface area (Å²) in [5.41, 5.74) is 11.4. The van der Waals surface area contributed by atoms with Gasteiger partial charge in [0.05, 0.1) is 21.7 Å². The Bertz CT molecular complexity index is 1470. The molecule has 3 aromatic rings. The van der Waals surface area contributed by atoms with E-state index in [1.807, 2.05) is 0 Å². The van der Waals surface area contributed by atoms with Crippen LogP contribution in [0.15, 0.2) is 53.6 Å². The Morgan fingerprint density at radius 1 is 1.00 bits per heavy atom. The molecular weight excluding hydrogens is 508 g/mol. The predicted octanol–water partition coefficient (Wildman–Crippen LogP) is 1.40. The molecule has 0 atom stereocenters. The van der Waals surface area contributed by atoms with E-state index in [1.165, 1.54) is 41.7 Å². The predicted molar refractivity (Wildman–Crippen MR) is 134 cm³/mol. The van der Waals surface area contributed by atoms with E-state index >= 15 is 0 Å². The number of hydrogen-bond acceptors (Lipinski definition) is 7. The molecule has 0 radical (unpaired) electrons. The number of nitrogens with zero attached hydrogens (tertiary/aromatic N) is 3. The third-order valence-corrected chi connectivity index (χ3v) is 7.95. The van der Waals surface area contributed by atoms with Gasteiger partial charge in [-0.25, -0.2) is 8.42 Å². The maximum Gasteiger partial charge on any atom is 0.273 e. The summed E-state index contributed by atoms with van der Waals surface area (Å²) in [6.45, 7) is 2.33. The number of rotatable bonds is 4. The number of sulfonamides is 1. The SMILES string of the molecule is CC(=O)N1CCN(S(=O)(=O)c2cccc(C(=O)NNC(=O)c3cnc4ccc(Cl)cc4c3N)c2)CC1. The molecule has 1 fully saturated rings. The first-order chi connectivity index (χ1) is 17.1. The summed E-state index contributed by atoms with van der Waals surface area (Å²) in [5, 5.41) is 0.918. The fourth-order valence-electron chi connectivity index (χ4n) is 3.81. The van der Waals surface area contributed by atoms with Crippen molar-refractivity contribution < 1.29 is 22.8 Å². The molecule has 4 N–H and O–H groups in total. The van der Waals surface area contributed by atoms with Gasteiger partial charge in [-0.3, -0.25) is 30.2 Å². The van der Waals surface area contributed by atoms with Crippen LogP contribution >= 0.6 is 11.6 Å². The molecule has 2 aromatic carbocycles. The minimum absolute atomic E-state index is 0.0233. The molecule has 0 spiro atoms. The van der Waals surface area contributed by atoms with E-state index in [-0.39, 0.29) is 40.7 Å². The third-order valence-electron chi connectivity index (χ3n) is 5.82. The Morgan fingerprint density at radius 2 is 1.69 bits per heavy atom. The van der Waals surface area contributed by atoms with E-state index in [4.69, 9.17) is 17.3 Å². The number of aromatic nitrogens is 1. The second-order valence-electron chi connectivity index (χ2n) is 8.09. The lowest BCUT2D eigenvalue weighted by atomic mass is 10.1. The Hall–Kier alpha value is -3.74. The first kappa shape index (κ1) is 25.4. The minimum atomic E-state index is -3.88. The summed E-state index contributed by atoms with van der Waals surface area (Å²) < 4.78 is 27.4. The van der Waals surface area contributed by atoms with Crippen LogP contribution < -0.4 is 16.6 Å². The Labute approximate surface area is 212 Å². The molecule has 0 saturated carbocycles. The van der Waals surface area contributed by atoms with Crippen LogP contribution in [0.25, 0.3) is 10.9 Å². The number of piperazine rings is 1. The molecule has 4 rings (SSSR count). The van der Waals surface area contributed by atoms with E-state index in [9.17, 15) is 22.8 Å². The van der Waals surface area contributed by atoms with Crippen molar-refractivity contribution in [3.8, 4) is 0 Å². The average Bonchev–Trinajstić information content (AvgIpc) is 2.87. The van der Waals surface area contributed by atoms with Crippen molar-refractivity contribution in [3.05, 3.63) is 64.8 Å². The Balaban J connectivity index is 1.45. The van der Waals surface area contributed by atoms with E-state index in [0.29, 0.717) is 29.0 Å². The lowest BCUT2D eigenvalue weighted by Gasteiger charge is -2.33. The topological polar surface area (TPSA) is 155 Å². The number of nitrogens with one attached hydrogen (secondary N) is 2. The van der Waals surface area contributed by atoms with Gasteiger partial charge in [0.15, 0.2) is 0 Å². The van der Waals surface area contributed by atoms with Gasteiger partial charge in [0.2, 0.25) is 15.9 Å². The van der Waals surface area contributed by atoms with Crippen LogP contribution in [-0.4, -0.2) is 66.5 Å². The number of nitrogen functional groups attached to an aromatic ring is 1. The van der Waals surface area contributed by atoms with Gasteiger partial charge in [0.25, 0.3) is 11.8 Å². The second-order valence-corrected chi connectivity index (χ2v) is 10.5. The zero-order chi connectivity index (χ0) is 26.0. The molecule has 3 amide bonds. The Kier molecular flexibility index (Phi) is 7.11. The van der Waals surface area contributed by atoms with Crippen LogP contribution in [0.1, 0.15) is 27.6 Å². The number of amides is 3. The smallest absolute Gasteiger partial charge is 0.273 e. The number of benzene rings is 2. The monoisotopic (exact) mass is 530 g/mol. The third kappa shape index (κ3) is 5.10. The number of anilines is 1. The van der Waals surface area contributed by atoms with Crippen molar-refractivity contribution >= 4 is 55.9 Å². The van der Waals surface area contributed by atoms with Crippen LogP contribution in [0.2, 0.25) is 5.02 Å². The number of pyridine rings is 1. The largest absolute Gasteiger partial charge is 0.397 e. The number of carbonyl (C=O) groups is 3. The molecule has 2 heterocycles. The molecule has 36 heavy (non-hydrogen) atoms. The van der Waals surface area contributed by atoms with Gasteiger partial charge in [-0.2, -0.15) is 4.31 Å². The van der Waals surface area contributed by atoms with E-state index in [2.05, 4.69) is 15.8 Å². The van der Waals surface area contributed by atoms with Gasteiger partial charge in [0.1, 0.15) is 0 Å². The summed E-state index contributed by atoms with van der Waals surface area (Å²) in [7, 11) is -3.88. The highest BCUT2D eigenvalue weighted by atomic mass is 35.5. The summed E-state index contributed by atoms with van der Waals surface area (Å²) in [6.07, 6.45) is 1.28. The molecule has 0 bridgehead atoms. The van der Waals surface area contributed by atoms with Gasteiger partial charge in [-0.1, -0.05) is 17.7 Å². The van der Waals surface area contributed by atoms with Crippen molar-refractivity contribution in [1.29, 1.82) is 0 Å². The molecule has 0 aliphatic carbocycles. The number of hydrogen-bond donors (Lipinski definition) is 3. The van der Waals surface area contributed by atoms with Crippen molar-refractivity contribution in [2.24, 2.45) is 0 Å². The van der Waals surface area contributed by atoms with Crippen LogP contribution in [0.4, 0.5) is 5.69 Å². The summed E-state index contributed by atoms with van der Waals surface area (Å²) in [5.74, 6) is -1.54. The highest BCUT2D eigenvalue weighted by Crippen LogP contribution is 2.26. The first-order valence-corrected chi connectivity index (χ1v) is 12.7. The van der Waals surface area contributed by atoms with Gasteiger partial charge in [-0.05, 0) is 36.4 Å². The standard InChI is InChI=1S/C23H23ClN6O5S/c1-14(31)29-7-9-30(10-8-29)36(34,35)17-4-2-3-15(11-17)22(32)27-28-23(33)19-13-26-20-6-5-16(24)12-18(20)21(19)25/h2-6,11-13H,7-10H2,1H3,(H2,25,26)(H,27,32)(H,28,33). The van der Waals surface area contributed by atoms with E-state index < -0.39 is 21.8 Å². The van der Waals surface area contributed by atoms with Crippen LogP contribution in [0.3, 0.4) is 0 Å². The number of halogens is 1. The van der Waals surface area contributed by atoms with E-state index in [1.54, 1.807) is 23.1 Å². The molecule has 11 nitrogen and oxygen atoms in total. The number of carbonyl (C=O) groups excluding carboxylic acids is 3. The quantitative estimate of drug-likeness (QED) is 0.430. The fourth-order valence-corrected chi connectivity index (χ4v) is 5.45. The lowest BCUT2D eigenvalue weighted by Crippen LogP contribution is -2.49. The van der Waals surface area contributed by atoms with Gasteiger partial charge < -0.3 is 10.6 Å². The summed E-state index contributed by atoms with van der Waals surface area (Å²) in [4.78, 5) is 42.5. The number of fused-ring (bicyclic) bond motifs is 1. The Morgan fingerprint density at radius 3 is 2.39 bits per heavy atom. The molecule has 1 aliphatic rings. The summed E-state index contributed by atoms with van der Waals surface area (Å²) in [6, 6.07) is 10.4. The maximum absolute atomic E-state index is 13.0. The van der Waals surface area contributed by atoms with Crippen molar-refractivity contribution in [2.75, 3.05) is 31.9 Å². The lowest BCUT2D eigenvalue weighted by molar-refractivity contribution is -0.129. The molecule has 1 aromatic heterocycles. The average molecular weight is 531 g/mol. The molecule has 1 saturated heterocycles. The molecule has 188 valence electrons. The van der Waals surface area contributed by atoms with Crippen LogP contribution in [0, 0.1) is 0 Å². The van der Waals surface area contributed by atoms with Crippen LogP contribution in [-0.2, 0) is 14.8 Å². The molecular formula is C23H23ClN6O5S. The van der Waals surface area contributed by atoms with Crippen molar-refractivity contribution in [2.45, 2.75) is 11.8 Å². The molecule has 1 aliphatic heterocycles. The fraction of sp³-hybridized carbons (Fsp3) is 0.217. The maximum atomic E-state index is 13.0. The zero-order valence-electron chi connectivity index (χ0n) is 19.2. The van der Waals surface area contributed by atoms with Crippen molar-refractivity contribution in [3.63, 3.8) is 0 Å². The van der Waals surface area contributed by atoms with Gasteiger partial charge in [-0.15, -0.1) is 0 Å². The first-order valence-electron chi connectivity index (χ1n) is 10.9. The minimum Gasteiger partial charge on any atom is -0.397 e. The second kappa shape index (κ2) is 10.1. The number of nitrogens with two attached hydrogens (primary N) is 1.